The van der Waals surface area contributed by atoms with Crippen molar-refractivity contribution in [3.8, 4) is 0 Å². The van der Waals surface area contributed by atoms with Gasteiger partial charge in [-0.25, -0.2) is 0 Å². The molecule has 25 heavy (non-hydrogen) atoms. The molecule has 136 valence electrons. The first kappa shape index (κ1) is 19.5. The third kappa shape index (κ3) is 4.41. The Bertz CT molecular complexity index is 756. The lowest BCUT2D eigenvalue weighted by Crippen LogP contribution is -2.36. The topological polar surface area (TPSA) is 77.1 Å². The Labute approximate surface area is 154 Å². The minimum atomic E-state index is -0.0238. The fraction of sp³-hybridized carbons (Fsp3) is 0.474. The molecule has 0 unspecified atom stereocenters. The molecule has 1 aliphatic rings. The number of rotatable bonds is 6. The van der Waals surface area contributed by atoms with E-state index in [1.807, 2.05) is 42.0 Å². The molecule has 1 saturated carbocycles. The van der Waals surface area contributed by atoms with Crippen molar-refractivity contribution in [2.75, 3.05) is 0 Å². The molecular weight excluding hydrogens is 338 g/mol. The zero-order valence-electron chi connectivity index (χ0n) is 14.5. The van der Waals surface area contributed by atoms with Gasteiger partial charge in [-0.3, -0.25) is 9.59 Å². The Kier molecular flexibility index (Phi) is 6.62. The number of hydrogen-bond acceptors (Lipinski definition) is 3. The lowest BCUT2D eigenvalue weighted by molar-refractivity contribution is -0.122. The molecule has 0 bridgehead atoms. The maximum atomic E-state index is 12.4. The van der Waals surface area contributed by atoms with Crippen molar-refractivity contribution in [2.45, 2.75) is 57.7 Å². The Balaban J connectivity index is 0.00000225. The normalized spacial score (nSPS) is 19.6. The van der Waals surface area contributed by atoms with E-state index in [9.17, 15) is 9.59 Å². The van der Waals surface area contributed by atoms with Crippen LogP contribution in [-0.4, -0.2) is 28.3 Å². The molecule has 1 fully saturated rings. The van der Waals surface area contributed by atoms with E-state index in [2.05, 4.69) is 5.32 Å². The van der Waals surface area contributed by atoms with E-state index in [0.717, 1.165) is 36.6 Å². The van der Waals surface area contributed by atoms with Crippen LogP contribution in [0.4, 0.5) is 0 Å². The van der Waals surface area contributed by atoms with Crippen molar-refractivity contribution in [1.29, 1.82) is 0 Å². The lowest BCUT2D eigenvalue weighted by Gasteiger charge is -2.13. The summed E-state index contributed by atoms with van der Waals surface area (Å²) < 4.78 is 1.88. The van der Waals surface area contributed by atoms with Crippen molar-refractivity contribution in [3.05, 3.63) is 36.0 Å². The van der Waals surface area contributed by atoms with Crippen LogP contribution in [0.3, 0.4) is 0 Å². The predicted molar refractivity (Wildman–Crippen MR) is 102 cm³/mol. The number of nitrogens with one attached hydrogen (secondary N) is 1. The van der Waals surface area contributed by atoms with Crippen LogP contribution in [0.1, 0.15) is 49.4 Å². The number of ketones is 1. The molecule has 0 saturated heterocycles. The SMILES string of the molecule is CCCC(=O)c1cn(CC(=O)N[C@@H]2CC[C@@H](N)C2)c2ccccc12.Cl. The monoisotopic (exact) mass is 363 g/mol. The largest absolute Gasteiger partial charge is 0.352 e. The standard InChI is InChI=1S/C19H25N3O2.ClH/c1-2-5-18(23)16-11-22(17-7-4-3-6-15(16)17)12-19(24)21-14-9-8-13(20)10-14;/h3-4,6-7,11,13-14H,2,5,8-10,12,20H2,1H3,(H,21,24);1H/t13-,14-;/m1./s1. The Hall–Kier alpha value is -1.85. The smallest absolute Gasteiger partial charge is 0.240 e. The average molecular weight is 364 g/mol. The quantitative estimate of drug-likeness (QED) is 0.774. The molecule has 1 aromatic carbocycles. The maximum Gasteiger partial charge on any atom is 0.240 e. The van der Waals surface area contributed by atoms with Crippen LogP contribution in [0, 0.1) is 0 Å². The first-order valence-corrected chi connectivity index (χ1v) is 8.74. The second kappa shape index (κ2) is 8.50. The van der Waals surface area contributed by atoms with Crippen LogP contribution in [0.5, 0.6) is 0 Å². The minimum Gasteiger partial charge on any atom is -0.352 e. The summed E-state index contributed by atoms with van der Waals surface area (Å²) in [5.41, 5.74) is 7.54. The zero-order chi connectivity index (χ0) is 17.1. The molecule has 1 aliphatic carbocycles. The first-order chi connectivity index (χ1) is 11.6. The van der Waals surface area contributed by atoms with Gasteiger partial charge in [-0.2, -0.15) is 0 Å². The van der Waals surface area contributed by atoms with Gasteiger partial charge in [0.25, 0.3) is 0 Å². The number of fused-ring (bicyclic) bond motifs is 1. The number of amides is 1. The van der Waals surface area contributed by atoms with Crippen LogP contribution in [0.15, 0.2) is 30.5 Å². The van der Waals surface area contributed by atoms with E-state index in [-0.39, 0.29) is 42.7 Å². The lowest BCUT2D eigenvalue weighted by atomic mass is 10.1. The number of nitrogens with two attached hydrogens (primary N) is 1. The Morgan fingerprint density at radius 1 is 1.28 bits per heavy atom. The van der Waals surface area contributed by atoms with Gasteiger partial charge in [0.1, 0.15) is 6.54 Å². The van der Waals surface area contributed by atoms with Gasteiger partial charge in [0.2, 0.25) is 5.91 Å². The molecule has 1 amide bonds. The summed E-state index contributed by atoms with van der Waals surface area (Å²) in [4.78, 5) is 24.7. The number of hydrogen-bond donors (Lipinski definition) is 2. The van der Waals surface area contributed by atoms with Crippen molar-refractivity contribution < 1.29 is 9.59 Å². The number of nitrogens with zero attached hydrogens (tertiary/aromatic N) is 1. The van der Waals surface area contributed by atoms with Crippen LogP contribution < -0.4 is 11.1 Å². The molecule has 3 rings (SSSR count). The summed E-state index contributed by atoms with van der Waals surface area (Å²) >= 11 is 0. The van der Waals surface area contributed by atoms with E-state index in [1.165, 1.54) is 0 Å². The highest BCUT2D eigenvalue weighted by molar-refractivity contribution is 6.08. The van der Waals surface area contributed by atoms with Crippen molar-refractivity contribution >= 4 is 35.0 Å². The van der Waals surface area contributed by atoms with Gasteiger partial charge in [0, 0.05) is 41.2 Å². The van der Waals surface area contributed by atoms with Crippen LogP contribution in [0.2, 0.25) is 0 Å². The number of benzene rings is 1. The van der Waals surface area contributed by atoms with Gasteiger partial charge >= 0.3 is 0 Å². The highest BCUT2D eigenvalue weighted by Crippen LogP contribution is 2.23. The molecule has 0 aliphatic heterocycles. The summed E-state index contributed by atoms with van der Waals surface area (Å²) in [7, 11) is 0. The summed E-state index contributed by atoms with van der Waals surface area (Å²) in [6.07, 6.45) is 5.93. The second-order valence-corrected chi connectivity index (χ2v) is 6.70. The van der Waals surface area contributed by atoms with Gasteiger partial charge in [-0.1, -0.05) is 25.1 Å². The predicted octanol–water partition coefficient (Wildman–Crippen LogP) is 3.04. The van der Waals surface area contributed by atoms with Gasteiger partial charge < -0.3 is 15.6 Å². The molecule has 2 aromatic rings. The molecule has 1 heterocycles. The van der Waals surface area contributed by atoms with Crippen LogP contribution in [-0.2, 0) is 11.3 Å². The van der Waals surface area contributed by atoms with Crippen LogP contribution >= 0.6 is 12.4 Å². The second-order valence-electron chi connectivity index (χ2n) is 6.70. The number of carbonyl (C=O) groups is 2. The fourth-order valence-electron chi connectivity index (χ4n) is 3.54. The molecule has 1 aromatic heterocycles. The highest BCUT2D eigenvalue weighted by Gasteiger charge is 2.23. The number of carbonyl (C=O) groups excluding carboxylic acids is 2. The van der Waals surface area contributed by atoms with Gasteiger partial charge in [0.15, 0.2) is 5.78 Å². The number of halogens is 1. The van der Waals surface area contributed by atoms with E-state index >= 15 is 0 Å². The first-order valence-electron chi connectivity index (χ1n) is 8.74. The summed E-state index contributed by atoms with van der Waals surface area (Å²) in [6, 6.07) is 8.13. The van der Waals surface area contributed by atoms with E-state index in [1.54, 1.807) is 0 Å². The molecule has 0 radical (unpaired) electrons. The third-order valence-electron chi connectivity index (χ3n) is 4.72. The molecular formula is C19H26ClN3O2. The highest BCUT2D eigenvalue weighted by atomic mass is 35.5. The minimum absolute atomic E-state index is 0. The summed E-state index contributed by atoms with van der Waals surface area (Å²) in [6.45, 7) is 2.22. The van der Waals surface area contributed by atoms with Gasteiger partial charge in [-0.05, 0) is 31.7 Å². The van der Waals surface area contributed by atoms with E-state index in [0.29, 0.717) is 12.0 Å². The average Bonchev–Trinajstić information content (AvgIpc) is 3.12. The van der Waals surface area contributed by atoms with E-state index in [4.69, 9.17) is 5.73 Å². The van der Waals surface area contributed by atoms with Crippen molar-refractivity contribution in [1.82, 2.24) is 9.88 Å². The third-order valence-corrected chi connectivity index (χ3v) is 4.72. The number of aromatic nitrogens is 1. The van der Waals surface area contributed by atoms with Gasteiger partial charge in [-0.15, -0.1) is 12.4 Å². The Morgan fingerprint density at radius 2 is 2.04 bits per heavy atom. The molecule has 5 nitrogen and oxygen atoms in total. The molecule has 2 atom stereocenters. The molecule has 6 heteroatoms. The van der Waals surface area contributed by atoms with Crippen molar-refractivity contribution in [2.24, 2.45) is 5.73 Å². The van der Waals surface area contributed by atoms with Crippen LogP contribution in [0.25, 0.3) is 10.9 Å². The number of para-hydroxylation sites is 1. The summed E-state index contributed by atoms with van der Waals surface area (Å²) in [5.74, 6) is 0.110. The molecule has 0 spiro atoms. The van der Waals surface area contributed by atoms with Gasteiger partial charge in [0.05, 0.1) is 0 Å². The van der Waals surface area contributed by atoms with E-state index < -0.39 is 0 Å². The molecule has 3 N–H and O–H groups in total. The Morgan fingerprint density at radius 3 is 2.72 bits per heavy atom. The zero-order valence-corrected chi connectivity index (χ0v) is 15.3. The summed E-state index contributed by atoms with van der Waals surface area (Å²) in [5, 5.41) is 3.98. The van der Waals surface area contributed by atoms with Crippen molar-refractivity contribution in [3.63, 3.8) is 0 Å². The number of Topliss-reactive ketones (excluding diaryl/α,β-unsaturated/α-hetero) is 1. The fourth-order valence-corrected chi connectivity index (χ4v) is 3.54. The maximum absolute atomic E-state index is 12.4.